The number of hydroxylamine groups is 1. The minimum absolute atomic E-state index is 0.0144. The Morgan fingerprint density at radius 2 is 1.52 bits per heavy atom. The van der Waals surface area contributed by atoms with Crippen LogP contribution in [0.4, 0.5) is 0 Å². The number of nitrogens with two attached hydrogens (primary N) is 1. The lowest BCUT2D eigenvalue weighted by Crippen LogP contribution is -2.65. The van der Waals surface area contributed by atoms with Gasteiger partial charge in [-0.05, 0) is 55.2 Å². The van der Waals surface area contributed by atoms with E-state index >= 15 is 4.79 Å². The van der Waals surface area contributed by atoms with Gasteiger partial charge in [0, 0.05) is 60.5 Å². The van der Waals surface area contributed by atoms with Gasteiger partial charge in [0.15, 0.2) is 5.78 Å². The standard InChI is InChI=1S/C47H57N7O9/c1-4-5-7-19-42(57)49-24-13-12-16-36(29-55)54(48)53(37(30-56)26-32-20-22-34(23-21-32)43(58)33-14-8-6-9-15-33)47(62)41(27-35-28-50-40-18-11-10-17-38(35)40)51-45(60)39(25-31(2)3)44(59)46(61)52-63/h1,6,8-11,14-15,17-18,20-23,28-31,36-37,39,41,44,50,59,63H,5,7,12-13,16,19,24-27,48H2,2-3H3,(H,49,57)(H,51,60)(H,52,61). The average molecular weight is 864 g/mol. The lowest BCUT2D eigenvalue weighted by molar-refractivity contribution is -0.168. The number of para-hydroxylation sites is 1. The van der Waals surface area contributed by atoms with Crippen molar-refractivity contribution in [2.45, 2.75) is 95.9 Å². The molecule has 63 heavy (non-hydrogen) atoms. The number of aliphatic hydroxyl groups is 1. The van der Waals surface area contributed by atoms with E-state index in [9.17, 15) is 39.1 Å². The molecule has 16 heteroatoms. The fraction of sp³-hybridized carbons (Fsp3) is 0.383. The zero-order valence-corrected chi connectivity index (χ0v) is 35.6. The van der Waals surface area contributed by atoms with Gasteiger partial charge >= 0.3 is 0 Å². The Morgan fingerprint density at radius 1 is 0.857 bits per heavy atom. The number of aromatic amines is 1. The minimum Gasteiger partial charge on any atom is -0.382 e. The maximum atomic E-state index is 15.2. The van der Waals surface area contributed by atoms with Crippen molar-refractivity contribution in [2.75, 3.05) is 6.54 Å². The van der Waals surface area contributed by atoms with Gasteiger partial charge in [0.2, 0.25) is 11.8 Å². The highest BCUT2D eigenvalue weighted by molar-refractivity contribution is 6.09. The van der Waals surface area contributed by atoms with Gasteiger partial charge in [0.05, 0.1) is 5.92 Å². The zero-order chi connectivity index (χ0) is 45.9. The number of ketones is 1. The van der Waals surface area contributed by atoms with E-state index in [0.717, 1.165) is 21.0 Å². The van der Waals surface area contributed by atoms with Crippen LogP contribution >= 0.6 is 0 Å². The molecule has 5 atom stereocenters. The first-order valence-electron chi connectivity index (χ1n) is 21.0. The highest BCUT2D eigenvalue weighted by atomic mass is 16.5. The van der Waals surface area contributed by atoms with Crippen LogP contribution in [0, 0.1) is 24.2 Å². The molecular formula is C47H57N7O9. The molecule has 1 heterocycles. The number of nitrogens with one attached hydrogen (secondary N) is 4. The van der Waals surface area contributed by atoms with Gasteiger partial charge in [0.1, 0.15) is 36.8 Å². The van der Waals surface area contributed by atoms with Crippen LogP contribution in [0.25, 0.3) is 10.9 Å². The third-order valence-electron chi connectivity index (χ3n) is 10.6. The van der Waals surface area contributed by atoms with Crippen molar-refractivity contribution in [1.29, 1.82) is 0 Å². The van der Waals surface area contributed by atoms with Crippen molar-refractivity contribution < 1.29 is 43.9 Å². The summed E-state index contributed by atoms with van der Waals surface area (Å²) in [5.41, 5.74) is 4.11. The van der Waals surface area contributed by atoms with Crippen LogP contribution in [0.1, 0.15) is 85.8 Å². The van der Waals surface area contributed by atoms with Crippen LogP contribution < -0.4 is 22.0 Å². The van der Waals surface area contributed by atoms with Gasteiger partial charge in [-0.3, -0.25) is 29.2 Å². The van der Waals surface area contributed by atoms with E-state index in [1.54, 1.807) is 80.7 Å². The van der Waals surface area contributed by atoms with Crippen LogP contribution in [0.5, 0.6) is 0 Å². The number of aldehydes is 2. The Bertz CT molecular complexity index is 2200. The number of hydrazine groups is 2. The number of terminal acetylenes is 1. The zero-order valence-electron chi connectivity index (χ0n) is 35.6. The number of aromatic nitrogens is 1. The summed E-state index contributed by atoms with van der Waals surface area (Å²) < 4.78 is 0. The number of hydrogen-bond acceptors (Lipinski definition) is 11. The Hall–Kier alpha value is -6.51. The predicted octanol–water partition coefficient (Wildman–Crippen LogP) is 3.34. The third kappa shape index (κ3) is 14.0. The van der Waals surface area contributed by atoms with Gasteiger partial charge < -0.3 is 30.3 Å². The first-order chi connectivity index (χ1) is 30.3. The molecule has 4 aromatic rings. The highest BCUT2D eigenvalue weighted by Crippen LogP contribution is 2.24. The maximum absolute atomic E-state index is 15.2. The molecule has 4 amide bonds. The summed E-state index contributed by atoms with van der Waals surface area (Å²) in [7, 11) is 0. The number of aliphatic hydroxyl groups excluding tert-OH is 1. The van der Waals surface area contributed by atoms with Gasteiger partial charge in [0.25, 0.3) is 11.8 Å². The SMILES string of the molecule is C#CCCCC(=O)NCCCCC(C=O)N(N)N(C(=O)C(Cc1c[nH]c2ccccc12)NC(=O)C(CC(C)C)C(O)C(=O)NO)C(C=O)Cc1ccc(C(=O)c2ccccc2)cc1. The topological polar surface area (TPSA) is 244 Å². The normalized spacial score (nSPS) is 13.6. The lowest BCUT2D eigenvalue weighted by Gasteiger charge is -2.40. The smallest absolute Gasteiger partial charge is 0.272 e. The molecule has 0 fully saturated rings. The van der Waals surface area contributed by atoms with Crippen LogP contribution in [-0.4, -0.2) is 98.2 Å². The van der Waals surface area contributed by atoms with E-state index in [1.807, 2.05) is 18.2 Å². The number of nitrogens with zero attached hydrogens (tertiary/aromatic N) is 2. The van der Waals surface area contributed by atoms with Gasteiger partial charge in [-0.1, -0.05) is 86.6 Å². The van der Waals surface area contributed by atoms with E-state index in [4.69, 9.17) is 12.3 Å². The van der Waals surface area contributed by atoms with Crippen molar-refractivity contribution in [3.05, 3.63) is 107 Å². The Labute approximate surface area is 366 Å². The number of carbonyl (C=O) groups is 7. The predicted molar refractivity (Wildman–Crippen MR) is 235 cm³/mol. The molecule has 8 N–H and O–H groups in total. The molecule has 3 aromatic carbocycles. The second-order valence-corrected chi connectivity index (χ2v) is 15.8. The van der Waals surface area contributed by atoms with E-state index in [1.165, 1.54) is 5.48 Å². The molecule has 334 valence electrons. The maximum Gasteiger partial charge on any atom is 0.272 e. The molecule has 0 aliphatic rings. The van der Waals surface area contributed by atoms with Crippen molar-refractivity contribution in [3.8, 4) is 12.3 Å². The Kier molecular flexibility index (Phi) is 19.4. The van der Waals surface area contributed by atoms with Crippen molar-refractivity contribution >= 4 is 52.9 Å². The molecule has 1 aromatic heterocycles. The van der Waals surface area contributed by atoms with Crippen LogP contribution in [0.3, 0.4) is 0 Å². The van der Waals surface area contributed by atoms with Crippen molar-refractivity contribution in [1.82, 2.24) is 31.2 Å². The molecule has 16 nitrogen and oxygen atoms in total. The van der Waals surface area contributed by atoms with Gasteiger partial charge in [-0.2, -0.15) is 0 Å². The number of amides is 4. The first-order valence-corrected chi connectivity index (χ1v) is 21.0. The van der Waals surface area contributed by atoms with E-state index < -0.39 is 47.9 Å². The number of rotatable bonds is 26. The quantitative estimate of drug-likeness (QED) is 0.00918. The number of H-pyrrole nitrogens is 1. The molecule has 0 radical (unpaired) electrons. The van der Waals surface area contributed by atoms with Gasteiger partial charge in [-0.25, -0.2) is 16.3 Å². The summed E-state index contributed by atoms with van der Waals surface area (Å²) >= 11 is 0. The monoisotopic (exact) mass is 863 g/mol. The molecule has 4 rings (SSSR count). The second kappa shape index (κ2) is 24.8. The van der Waals surface area contributed by atoms with Gasteiger partial charge in [-0.15, -0.1) is 17.5 Å². The minimum atomic E-state index is -1.99. The van der Waals surface area contributed by atoms with Crippen LogP contribution in [0.2, 0.25) is 0 Å². The third-order valence-corrected chi connectivity index (χ3v) is 10.6. The average Bonchev–Trinajstić information content (AvgIpc) is 3.70. The molecular weight excluding hydrogens is 807 g/mol. The van der Waals surface area contributed by atoms with Crippen molar-refractivity contribution in [2.24, 2.45) is 17.7 Å². The van der Waals surface area contributed by atoms with E-state index in [2.05, 4.69) is 21.5 Å². The number of benzene rings is 3. The molecule has 5 unspecified atom stereocenters. The van der Waals surface area contributed by atoms with Crippen LogP contribution in [0.15, 0.2) is 85.1 Å². The largest absolute Gasteiger partial charge is 0.382 e. The van der Waals surface area contributed by atoms with Crippen LogP contribution in [-0.2, 0) is 41.6 Å². The van der Waals surface area contributed by atoms with Crippen molar-refractivity contribution in [3.63, 3.8) is 0 Å². The fourth-order valence-corrected chi connectivity index (χ4v) is 7.29. The second-order valence-electron chi connectivity index (χ2n) is 15.8. The summed E-state index contributed by atoms with van der Waals surface area (Å²) in [6.07, 6.45) is 7.93. The molecule has 0 aliphatic carbocycles. The number of fused-ring (bicyclic) bond motifs is 1. The summed E-state index contributed by atoms with van der Waals surface area (Å²) in [6, 6.07) is 18.4. The summed E-state index contributed by atoms with van der Waals surface area (Å²) in [6.45, 7) is 3.84. The van der Waals surface area contributed by atoms with E-state index in [-0.39, 0.29) is 49.7 Å². The molecule has 0 aliphatic heterocycles. The summed E-state index contributed by atoms with van der Waals surface area (Å²) in [5, 5.41) is 28.2. The highest BCUT2D eigenvalue weighted by Gasteiger charge is 2.40. The number of unbranched alkanes of at least 4 members (excludes halogenated alkanes) is 2. The Balaban J connectivity index is 1.71. The number of hydrogen-bond donors (Lipinski definition) is 7. The molecule has 0 saturated heterocycles. The fourth-order valence-electron chi connectivity index (χ4n) is 7.29. The number of carbonyl (C=O) groups excluding carboxylic acids is 7. The molecule has 0 saturated carbocycles. The summed E-state index contributed by atoms with van der Waals surface area (Å²) in [5.74, 6) is 4.18. The molecule has 0 bridgehead atoms. The summed E-state index contributed by atoms with van der Waals surface area (Å²) in [4.78, 5) is 96.1. The Morgan fingerprint density at radius 3 is 2.17 bits per heavy atom. The first kappa shape index (κ1) is 49.1. The molecule has 0 spiro atoms. The van der Waals surface area contributed by atoms with E-state index in [0.29, 0.717) is 67.1 Å². The lowest BCUT2D eigenvalue weighted by atomic mass is 9.90.